The first kappa shape index (κ1) is 22.6. The molecule has 0 aromatic heterocycles. The first-order valence-electron chi connectivity index (χ1n) is 10.1. The highest BCUT2D eigenvalue weighted by atomic mass is 32.2. The second-order valence-corrected chi connectivity index (χ2v) is 9.14. The molecule has 1 aromatic carbocycles. The van der Waals surface area contributed by atoms with E-state index < -0.39 is 10.0 Å². The molecule has 6 nitrogen and oxygen atoms in total. The van der Waals surface area contributed by atoms with Crippen LogP contribution in [0.4, 0.5) is 0 Å². The van der Waals surface area contributed by atoms with Crippen molar-refractivity contribution in [2.45, 2.75) is 50.5 Å². The molecule has 1 aliphatic carbocycles. The zero-order chi connectivity index (χ0) is 20.6. The number of rotatable bonds is 10. The fraction of sp³-hybridized carbons (Fsp3) is 0.571. The molecular formula is C21H33N3O3S. The van der Waals surface area contributed by atoms with Crippen LogP contribution in [0.25, 0.3) is 6.08 Å². The summed E-state index contributed by atoms with van der Waals surface area (Å²) in [6.07, 6.45) is 8.31. The maximum atomic E-state index is 12.5. The molecule has 0 heterocycles. The molecule has 0 spiro atoms. The average Bonchev–Trinajstić information content (AvgIpc) is 3.22. The summed E-state index contributed by atoms with van der Waals surface area (Å²) in [7, 11) is -1.33. The Balaban J connectivity index is 1.84. The van der Waals surface area contributed by atoms with Crippen LogP contribution in [-0.2, 0) is 14.8 Å². The Morgan fingerprint density at radius 3 is 2.32 bits per heavy atom. The number of benzene rings is 1. The van der Waals surface area contributed by atoms with E-state index in [1.807, 2.05) is 13.8 Å². The van der Waals surface area contributed by atoms with Crippen molar-refractivity contribution in [2.24, 2.45) is 0 Å². The first-order chi connectivity index (χ1) is 13.4. The highest BCUT2D eigenvalue weighted by Gasteiger charge is 2.21. The second-order valence-electron chi connectivity index (χ2n) is 7.20. The molecule has 2 rings (SSSR count). The summed E-state index contributed by atoms with van der Waals surface area (Å²) in [5.41, 5.74) is 0.789. The van der Waals surface area contributed by atoms with Gasteiger partial charge >= 0.3 is 0 Å². The highest BCUT2D eigenvalue weighted by Crippen LogP contribution is 2.21. The number of carbonyl (C=O) groups excluding carboxylic acids is 1. The highest BCUT2D eigenvalue weighted by molar-refractivity contribution is 7.89. The van der Waals surface area contributed by atoms with Crippen LogP contribution in [0.1, 0.15) is 45.1 Å². The number of carbonyl (C=O) groups is 1. The van der Waals surface area contributed by atoms with Crippen molar-refractivity contribution in [1.29, 1.82) is 0 Å². The van der Waals surface area contributed by atoms with Crippen LogP contribution in [0.15, 0.2) is 35.2 Å². The summed E-state index contributed by atoms with van der Waals surface area (Å²) < 4.78 is 26.4. The van der Waals surface area contributed by atoms with Gasteiger partial charge in [0, 0.05) is 38.3 Å². The summed E-state index contributed by atoms with van der Waals surface area (Å²) in [5.74, 6) is -0.139. The smallest absolute Gasteiger partial charge is 0.244 e. The third-order valence-corrected chi connectivity index (χ3v) is 7.43. The van der Waals surface area contributed by atoms with Gasteiger partial charge in [-0.1, -0.05) is 38.8 Å². The van der Waals surface area contributed by atoms with E-state index in [0.29, 0.717) is 25.7 Å². The summed E-state index contributed by atoms with van der Waals surface area (Å²) in [6.45, 7) is 6.00. The van der Waals surface area contributed by atoms with Crippen molar-refractivity contribution in [1.82, 2.24) is 14.5 Å². The number of likely N-dealkylation sites (N-methyl/N-ethyl adjacent to an activating group) is 1. The lowest BCUT2D eigenvalue weighted by Gasteiger charge is -2.23. The monoisotopic (exact) mass is 407 g/mol. The van der Waals surface area contributed by atoms with Crippen molar-refractivity contribution in [3.05, 3.63) is 35.9 Å². The molecule has 1 N–H and O–H groups in total. The van der Waals surface area contributed by atoms with Crippen LogP contribution in [0.5, 0.6) is 0 Å². The molecule has 156 valence electrons. The zero-order valence-electron chi connectivity index (χ0n) is 17.2. The van der Waals surface area contributed by atoms with E-state index in [1.165, 1.54) is 36.1 Å². The van der Waals surface area contributed by atoms with Gasteiger partial charge in [0.1, 0.15) is 0 Å². The van der Waals surface area contributed by atoms with Gasteiger partial charge in [0.25, 0.3) is 0 Å². The topological polar surface area (TPSA) is 69.7 Å². The summed E-state index contributed by atoms with van der Waals surface area (Å²) in [6, 6.07) is 7.25. The third kappa shape index (κ3) is 6.15. The number of hydrogen-bond donors (Lipinski definition) is 1. The second kappa shape index (κ2) is 10.7. The van der Waals surface area contributed by atoms with Crippen LogP contribution in [0.2, 0.25) is 0 Å². The van der Waals surface area contributed by atoms with E-state index in [-0.39, 0.29) is 10.8 Å². The van der Waals surface area contributed by atoms with E-state index in [4.69, 9.17) is 0 Å². The van der Waals surface area contributed by atoms with Crippen LogP contribution < -0.4 is 5.32 Å². The van der Waals surface area contributed by atoms with E-state index in [2.05, 4.69) is 17.3 Å². The predicted molar refractivity (Wildman–Crippen MR) is 113 cm³/mol. The Morgan fingerprint density at radius 1 is 1.14 bits per heavy atom. The molecule has 0 bridgehead atoms. The minimum absolute atomic E-state index is 0.139. The van der Waals surface area contributed by atoms with Crippen LogP contribution in [0.3, 0.4) is 0 Å². The molecule has 0 saturated heterocycles. The number of nitrogens with one attached hydrogen (secondary N) is 1. The standard InChI is InChI=1S/C21H33N3O3S/c1-4-24(5-2)28(26,27)20-13-10-18(11-14-20)12-15-21(25)22-16-17-23(3)19-8-6-7-9-19/h10-15,19H,4-9,16-17H2,1-3H3,(H,22,25). The minimum atomic E-state index is -3.45. The minimum Gasteiger partial charge on any atom is -0.351 e. The van der Waals surface area contributed by atoms with Crippen LogP contribution in [-0.4, -0.2) is 62.8 Å². The van der Waals surface area contributed by atoms with Crippen molar-refractivity contribution in [3.63, 3.8) is 0 Å². The van der Waals surface area contributed by atoms with Gasteiger partial charge in [0.05, 0.1) is 4.90 Å². The maximum Gasteiger partial charge on any atom is 0.244 e. The molecule has 0 radical (unpaired) electrons. The molecule has 0 aliphatic heterocycles. The van der Waals surface area contributed by atoms with E-state index in [0.717, 1.165) is 12.1 Å². The largest absolute Gasteiger partial charge is 0.351 e. The van der Waals surface area contributed by atoms with E-state index in [1.54, 1.807) is 30.3 Å². The Kier molecular flexibility index (Phi) is 8.66. The van der Waals surface area contributed by atoms with Gasteiger partial charge < -0.3 is 10.2 Å². The van der Waals surface area contributed by atoms with E-state index in [9.17, 15) is 13.2 Å². The molecule has 0 atom stereocenters. The fourth-order valence-corrected chi connectivity index (χ4v) is 5.04. The quantitative estimate of drug-likeness (QED) is 0.606. The summed E-state index contributed by atoms with van der Waals surface area (Å²) in [4.78, 5) is 14.6. The molecule has 1 aliphatic rings. The molecule has 0 unspecified atom stereocenters. The van der Waals surface area contributed by atoms with Gasteiger partial charge in [0.2, 0.25) is 15.9 Å². The number of sulfonamides is 1. The van der Waals surface area contributed by atoms with Gasteiger partial charge in [-0.2, -0.15) is 4.31 Å². The summed E-state index contributed by atoms with van der Waals surface area (Å²) in [5, 5.41) is 2.90. The third-order valence-electron chi connectivity index (χ3n) is 5.36. The Morgan fingerprint density at radius 2 is 1.75 bits per heavy atom. The molecule has 1 saturated carbocycles. The molecule has 1 aromatic rings. The Labute approximate surface area is 169 Å². The zero-order valence-corrected chi connectivity index (χ0v) is 18.0. The lowest BCUT2D eigenvalue weighted by molar-refractivity contribution is -0.116. The van der Waals surface area contributed by atoms with Gasteiger partial charge in [-0.3, -0.25) is 4.79 Å². The molecular weight excluding hydrogens is 374 g/mol. The maximum absolute atomic E-state index is 12.5. The Bertz CT molecular complexity index is 750. The molecule has 1 amide bonds. The van der Waals surface area contributed by atoms with Gasteiger partial charge in [-0.05, 0) is 43.7 Å². The number of hydrogen-bond acceptors (Lipinski definition) is 4. The normalized spacial score (nSPS) is 15.8. The predicted octanol–water partition coefficient (Wildman–Crippen LogP) is 2.72. The SMILES string of the molecule is CCN(CC)S(=O)(=O)c1ccc(C=CC(=O)NCCN(C)C2CCCC2)cc1. The van der Waals surface area contributed by atoms with Crippen molar-refractivity contribution < 1.29 is 13.2 Å². The lowest BCUT2D eigenvalue weighted by atomic mass is 10.2. The summed E-state index contributed by atoms with van der Waals surface area (Å²) >= 11 is 0. The van der Waals surface area contributed by atoms with Gasteiger partial charge in [0.15, 0.2) is 0 Å². The first-order valence-corrected chi connectivity index (χ1v) is 11.6. The fourth-order valence-electron chi connectivity index (χ4n) is 3.58. The molecule has 28 heavy (non-hydrogen) atoms. The van der Waals surface area contributed by atoms with Gasteiger partial charge in [-0.15, -0.1) is 0 Å². The van der Waals surface area contributed by atoms with Crippen molar-refractivity contribution in [2.75, 3.05) is 33.2 Å². The van der Waals surface area contributed by atoms with Crippen LogP contribution in [0, 0.1) is 0 Å². The Hall–Kier alpha value is -1.70. The van der Waals surface area contributed by atoms with Crippen LogP contribution >= 0.6 is 0 Å². The molecule has 1 fully saturated rings. The molecule has 7 heteroatoms. The van der Waals surface area contributed by atoms with E-state index >= 15 is 0 Å². The van der Waals surface area contributed by atoms with Gasteiger partial charge in [-0.25, -0.2) is 8.42 Å². The lowest BCUT2D eigenvalue weighted by Crippen LogP contribution is -2.36. The average molecular weight is 408 g/mol. The van der Waals surface area contributed by atoms with Crippen molar-refractivity contribution >= 4 is 22.0 Å². The van der Waals surface area contributed by atoms with Crippen molar-refractivity contribution in [3.8, 4) is 0 Å². The number of amides is 1. The number of nitrogens with zero attached hydrogens (tertiary/aromatic N) is 2.